The van der Waals surface area contributed by atoms with E-state index in [9.17, 15) is 26.4 Å². The van der Waals surface area contributed by atoms with Crippen molar-refractivity contribution in [1.82, 2.24) is 4.72 Å². The molecule has 1 N–H and O–H groups in total. The molecule has 5 rings (SSSR count). The van der Waals surface area contributed by atoms with Crippen LogP contribution in [0.25, 0.3) is 11.1 Å². The maximum absolute atomic E-state index is 14.6. The molecule has 194 valence electrons. The van der Waals surface area contributed by atoms with Crippen LogP contribution in [0, 0.1) is 23.4 Å². The lowest BCUT2D eigenvalue weighted by atomic mass is 9.96. The molecule has 37 heavy (non-hydrogen) atoms. The average molecular weight is 530 g/mol. The van der Waals surface area contributed by atoms with Crippen LogP contribution in [0.1, 0.15) is 19.4 Å². The summed E-state index contributed by atoms with van der Waals surface area (Å²) in [6, 6.07) is 12.6. The van der Waals surface area contributed by atoms with Gasteiger partial charge < -0.3 is 9.80 Å². The fraction of sp³-hybridized carbons (Fsp3) is 0.296. The lowest BCUT2D eigenvalue weighted by Crippen LogP contribution is -2.55. The molecule has 1 atom stereocenters. The van der Waals surface area contributed by atoms with Crippen LogP contribution in [0.15, 0.2) is 59.5 Å². The maximum Gasteiger partial charge on any atom is 0.243 e. The van der Waals surface area contributed by atoms with Gasteiger partial charge in [0.25, 0.3) is 0 Å². The van der Waals surface area contributed by atoms with Crippen LogP contribution in [0.2, 0.25) is 0 Å². The monoisotopic (exact) mass is 529 g/mol. The second kappa shape index (κ2) is 9.50. The van der Waals surface area contributed by atoms with Gasteiger partial charge in [0.2, 0.25) is 15.9 Å². The van der Waals surface area contributed by atoms with Crippen LogP contribution < -0.4 is 14.5 Å². The molecule has 0 bridgehead atoms. The van der Waals surface area contributed by atoms with Crippen molar-refractivity contribution >= 4 is 27.3 Å². The van der Waals surface area contributed by atoms with Crippen molar-refractivity contribution in [2.24, 2.45) is 5.92 Å². The van der Waals surface area contributed by atoms with E-state index >= 15 is 0 Å². The molecule has 6 nitrogen and oxygen atoms in total. The molecule has 2 heterocycles. The molecule has 3 aromatic rings. The van der Waals surface area contributed by atoms with Gasteiger partial charge in [0.15, 0.2) is 0 Å². The summed E-state index contributed by atoms with van der Waals surface area (Å²) in [4.78, 5) is 16.5. The molecule has 1 saturated heterocycles. The summed E-state index contributed by atoms with van der Waals surface area (Å²) in [6.45, 7) is 4.49. The van der Waals surface area contributed by atoms with E-state index in [0.29, 0.717) is 36.3 Å². The quantitative estimate of drug-likeness (QED) is 0.511. The van der Waals surface area contributed by atoms with Crippen LogP contribution in [0.3, 0.4) is 0 Å². The smallest absolute Gasteiger partial charge is 0.243 e. The Bertz CT molecular complexity index is 1470. The first-order chi connectivity index (χ1) is 17.6. The number of anilines is 2. The topological polar surface area (TPSA) is 69.7 Å². The van der Waals surface area contributed by atoms with Crippen molar-refractivity contribution in [3.63, 3.8) is 0 Å². The third-order valence-electron chi connectivity index (χ3n) is 6.91. The molecule has 0 saturated carbocycles. The molecule has 2 aliphatic rings. The van der Waals surface area contributed by atoms with Crippen molar-refractivity contribution < 1.29 is 26.4 Å². The molecule has 1 amide bonds. The van der Waals surface area contributed by atoms with Crippen molar-refractivity contribution in [2.75, 3.05) is 29.4 Å². The van der Waals surface area contributed by atoms with Crippen LogP contribution in [0.4, 0.5) is 24.5 Å². The highest BCUT2D eigenvalue weighted by Gasteiger charge is 2.41. The Hall–Kier alpha value is -3.37. The SMILES string of the molecule is CCNS(=O)(=O)c1cc2c(cc1F)C[C@@H](C)N2C(=O)C1CN(c2ccc(-c3cc(F)ccc3F)cc2)C1. The highest BCUT2D eigenvalue weighted by Crippen LogP contribution is 2.38. The minimum Gasteiger partial charge on any atom is -0.370 e. The molecule has 0 unspecified atom stereocenters. The Morgan fingerprint density at radius 1 is 1.00 bits per heavy atom. The van der Waals surface area contributed by atoms with Crippen molar-refractivity contribution in [3.8, 4) is 11.1 Å². The standard InChI is InChI=1S/C27H26F3N3O3S/c1-3-31-37(35,36)26-13-25-18(11-24(26)30)10-16(2)33(25)27(34)19-14-32(15-19)21-7-4-17(5-8-21)22-12-20(28)6-9-23(22)29/h4-9,11-13,16,19,31H,3,10,14-15H2,1-2H3/t16-/m1/s1. The molecule has 3 aromatic carbocycles. The summed E-state index contributed by atoms with van der Waals surface area (Å²) < 4.78 is 69.5. The normalized spacial score (nSPS) is 17.6. The zero-order chi connectivity index (χ0) is 26.5. The number of benzene rings is 3. The minimum atomic E-state index is -4.03. The van der Waals surface area contributed by atoms with Gasteiger partial charge in [-0.05, 0) is 66.9 Å². The predicted molar refractivity (Wildman–Crippen MR) is 135 cm³/mol. The summed E-state index contributed by atoms with van der Waals surface area (Å²) in [5, 5.41) is 0. The number of fused-ring (bicyclic) bond motifs is 1. The van der Waals surface area contributed by atoms with E-state index < -0.39 is 32.4 Å². The molecular formula is C27H26F3N3O3S. The molecule has 1 fully saturated rings. The number of amides is 1. The Balaban J connectivity index is 1.31. The first-order valence-corrected chi connectivity index (χ1v) is 13.5. The Kier molecular flexibility index (Phi) is 6.49. The summed E-state index contributed by atoms with van der Waals surface area (Å²) in [7, 11) is -4.03. The van der Waals surface area contributed by atoms with Crippen LogP contribution in [0.5, 0.6) is 0 Å². The van der Waals surface area contributed by atoms with E-state index in [1.807, 2.05) is 11.8 Å². The minimum absolute atomic E-state index is 0.119. The second-order valence-electron chi connectivity index (χ2n) is 9.45. The number of nitrogens with zero attached hydrogens (tertiary/aromatic N) is 2. The lowest BCUT2D eigenvalue weighted by Gasteiger charge is -2.42. The van der Waals surface area contributed by atoms with Gasteiger partial charge in [0.1, 0.15) is 22.3 Å². The zero-order valence-corrected chi connectivity index (χ0v) is 21.2. The third kappa shape index (κ3) is 4.59. The summed E-state index contributed by atoms with van der Waals surface area (Å²) in [5.41, 5.74) is 2.60. The first-order valence-electron chi connectivity index (χ1n) is 12.0. The highest BCUT2D eigenvalue weighted by molar-refractivity contribution is 7.89. The fourth-order valence-corrected chi connectivity index (χ4v) is 6.16. The fourth-order valence-electron chi connectivity index (χ4n) is 5.04. The van der Waals surface area contributed by atoms with Gasteiger partial charge in [0.05, 0.1) is 5.92 Å². The van der Waals surface area contributed by atoms with Crippen molar-refractivity contribution in [3.05, 3.63) is 77.6 Å². The van der Waals surface area contributed by atoms with E-state index in [0.717, 1.165) is 23.9 Å². The summed E-state index contributed by atoms with van der Waals surface area (Å²) in [5.74, 6) is -2.31. The Morgan fingerprint density at radius 3 is 2.38 bits per heavy atom. The molecule has 10 heteroatoms. The van der Waals surface area contributed by atoms with Crippen molar-refractivity contribution in [1.29, 1.82) is 0 Å². The van der Waals surface area contributed by atoms with Crippen LogP contribution in [-0.4, -0.2) is 40.0 Å². The van der Waals surface area contributed by atoms with Crippen molar-refractivity contribution in [2.45, 2.75) is 31.2 Å². The van der Waals surface area contributed by atoms with Gasteiger partial charge in [-0.25, -0.2) is 26.3 Å². The first kappa shape index (κ1) is 25.3. The van der Waals surface area contributed by atoms with Gasteiger partial charge in [-0.1, -0.05) is 19.1 Å². The number of carbonyl (C=O) groups excluding carboxylic acids is 1. The number of hydrogen-bond donors (Lipinski definition) is 1. The summed E-state index contributed by atoms with van der Waals surface area (Å²) in [6.07, 6.45) is 0.439. The van der Waals surface area contributed by atoms with Crippen LogP contribution in [-0.2, 0) is 21.2 Å². The number of hydrogen-bond acceptors (Lipinski definition) is 4. The Morgan fingerprint density at radius 2 is 1.70 bits per heavy atom. The number of nitrogens with one attached hydrogen (secondary N) is 1. The molecule has 0 aliphatic carbocycles. The van der Waals surface area contributed by atoms with E-state index in [-0.39, 0.29) is 30.0 Å². The van der Waals surface area contributed by atoms with Gasteiger partial charge in [-0.2, -0.15) is 0 Å². The number of sulfonamides is 1. The van der Waals surface area contributed by atoms with Gasteiger partial charge in [-0.3, -0.25) is 4.79 Å². The largest absolute Gasteiger partial charge is 0.370 e. The van der Waals surface area contributed by atoms with E-state index in [1.165, 1.54) is 12.1 Å². The third-order valence-corrected chi connectivity index (χ3v) is 8.47. The second-order valence-corrected chi connectivity index (χ2v) is 11.2. The molecular weight excluding hydrogens is 503 g/mol. The lowest BCUT2D eigenvalue weighted by molar-refractivity contribution is -0.123. The number of rotatable bonds is 6. The number of halogens is 3. The molecule has 0 aromatic heterocycles. The zero-order valence-electron chi connectivity index (χ0n) is 20.3. The van der Waals surface area contributed by atoms with Gasteiger partial charge >= 0.3 is 0 Å². The highest BCUT2D eigenvalue weighted by atomic mass is 32.2. The van der Waals surface area contributed by atoms with Gasteiger partial charge in [-0.15, -0.1) is 0 Å². The summed E-state index contributed by atoms with van der Waals surface area (Å²) >= 11 is 0. The van der Waals surface area contributed by atoms with E-state index in [4.69, 9.17) is 0 Å². The molecule has 0 spiro atoms. The maximum atomic E-state index is 14.6. The van der Waals surface area contributed by atoms with Gasteiger partial charge in [0, 0.05) is 42.6 Å². The molecule has 0 radical (unpaired) electrons. The Labute approximate surface area is 213 Å². The average Bonchev–Trinajstić information content (AvgIpc) is 3.14. The van der Waals surface area contributed by atoms with E-state index in [1.54, 1.807) is 36.1 Å². The number of carbonyl (C=O) groups is 1. The predicted octanol–water partition coefficient (Wildman–Crippen LogP) is 4.48. The van der Waals surface area contributed by atoms with E-state index in [2.05, 4.69) is 4.72 Å². The van der Waals surface area contributed by atoms with Crippen LogP contribution >= 0.6 is 0 Å². The molecule has 2 aliphatic heterocycles.